The standard InChI is InChI=1S/C16H12N6/c1-2-5-13(6-3-1)14-9-21(11-19-14)15-10-22(12-20-15)16-17-7-4-8-18-16/h1-12H. The summed E-state index contributed by atoms with van der Waals surface area (Å²) in [5, 5.41) is 0. The molecule has 4 aromatic rings. The van der Waals surface area contributed by atoms with Gasteiger partial charge in [0.1, 0.15) is 12.7 Å². The molecule has 0 unspecified atom stereocenters. The molecule has 22 heavy (non-hydrogen) atoms. The van der Waals surface area contributed by atoms with Crippen molar-refractivity contribution in [3.63, 3.8) is 0 Å². The van der Waals surface area contributed by atoms with Gasteiger partial charge in [0.15, 0.2) is 5.82 Å². The van der Waals surface area contributed by atoms with Crippen molar-refractivity contribution >= 4 is 0 Å². The fourth-order valence-electron chi connectivity index (χ4n) is 2.19. The molecule has 3 heterocycles. The Hall–Kier alpha value is -3.28. The third kappa shape index (κ3) is 2.26. The average molecular weight is 288 g/mol. The summed E-state index contributed by atoms with van der Waals surface area (Å²) in [6.07, 6.45) is 10.7. The molecular weight excluding hydrogens is 276 g/mol. The van der Waals surface area contributed by atoms with Crippen LogP contribution in [0, 0.1) is 0 Å². The van der Waals surface area contributed by atoms with Crippen molar-refractivity contribution < 1.29 is 0 Å². The topological polar surface area (TPSA) is 61.4 Å². The molecule has 0 aliphatic carbocycles. The molecule has 0 atom stereocenters. The first-order valence-corrected chi connectivity index (χ1v) is 6.81. The molecule has 3 aromatic heterocycles. The second-order valence-corrected chi connectivity index (χ2v) is 4.72. The van der Waals surface area contributed by atoms with Crippen molar-refractivity contribution in [1.82, 2.24) is 29.1 Å². The SMILES string of the molecule is c1ccc(-c2cn(-c3cn(-c4ncccn4)cn3)cn2)cc1. The van der Waals surface area contributed by atoms with Crippen molar-refractivity contribution in [1.29, 1.82) is 0 Å². The van der Waals surface area contributed by atoms with Gasteiger partial charge in [-0.25, -0.2) is 19.9 Å². The number of imidazole rings is 2. The van der Waals surface area contributed by atoms with Gasteiger partial charge in [0.2, 0.25) is 5.95 Å². The van der Waals surface area contributed by atoms with Crippen LogP contribution in [-0.2, 0) is 0 Å². The molecule has 0 aliphatic heterocycles. The van der Waals surface area contributed by atoms with Crippen LogP contribution >= 0.6 is 0 Å². The Bertz CT molecular complexity index is 803. The number of rotatable bonds is 3. The van der Waals surface area contributed by atoms with Crippen LogP contribution in [0.1, 0.15) is 0 Å². The van der Waals surface area contributed by atoms with Gasteiger partial charge in [-0.2, -0.15) is 0 Å². The molecule has 0 radical (unpaired) electrons. The number of aromatic nitrogens is 6. The first-order chi connectivity index (χ1) is 10.9. The summed E-state index contributed by atoms with van der Waals surface area (Å²) in [6.45, 7) is 0. The Kier molecular flexibility index (Phi) is 2.97. The Morgan fingerprint density at radius 1 is 0.682 bits per heavy atom. The Labute approximate surface area is 126 Å². The zero-order chi connectivity index (χ0) is 14.8. The highest BCUT2D eigenvalue weighted by molar-refractivity contribution is 5.58. The quantitative estimate of drug-likeness (QED) is 0.581. The number of benzene rings is 1. The molecular formula is C16H12N6. The van der Waals surface area contributed by atoms with Crippen LogP contribution in [0.4, 0.5) is 0 Å². The van der Waals surface area contributed by atoms with Crippen LogP contribution in [-0.4, -0.2) is 29.1 Å². The maximum absolute atomic E-state index is 4.43. The minimum absolute atomic E-state index is 0.588. The molecule has 1 aromatic carbocycles. The number of hydrogen-bond acceptors (Lipinski definition) is 4. The Morgan fingerprint density at radius 3 is 2.27 bits per heavy atom. The van der Waals surface area contributed by atoms with Crippen LogP contribution in [0.2, 0.25) is 0 Å². The van der Waals surface area contributed by atoms with Crippen molar-refractivity contribution in [2.75, 3.05) is 0 Å². The highest BCUT2D eigenvalue weighted by Crippen LogP contribution is 2.18. The number of nitrogens with zero attached hydrogens (tertiary/aromatic N) is 6. The molecule has 4 rings (SSSR count). The van der Waals surface area contributed by atoms with Crippen molar-refractivity contribution in [2.24, 2.45) is 0 Å². The lowest BCUT2D eigenvalue weighted by Gasteiger charge is -1.97. The zero-order valence-corrected chi connectivity index (χ0v) is 11.6. The Balaban J connectivity index is 1.66. The summed E-state index contributed by atoms with van der Waals surface area (Å²) in [6, 6.07) is 11.8. The van der Waals surface area contributed by atoms with E-state index in [1.165, 1.54) is 0 Å². The summed E-state index contributed by atoms with van der Waals surface area (Å²) >= 11 is 0. The maximum atomic E-state index is 4.43. The first-order valence-electron chi connectivity index (χ1n) is 6.81. The lowest BCUT2D eigenvalue weighted by Crippen LogP contribution is -1.96. The molecule has 0 aliphatic rings. The fraction of sp³-hybridized carbons (Fsp3) is 0. The highest BCUT2D eigenvalue weighted by Gasteiger charge is 2.07. The summed E-state index contributed by atoms with van der Waals surface area (Å²) < 4.78 is 3.65. The molecule has 0 fully saturated rings. The predicted octanol–water partition coefficient (Wildman–Crippen LogP) is 2.51. The molecule has 0 bridgehead atoms. The average Bonchev–Trinajstić information content (AvgIpc) is 3.26. The van der Waals surface area contributed by atoms with E-state index < -0.39 is 0 Å². The van der Waals surface area contributed by atoms with Crippen LogP contribution < -0.4 is 0 Å². The fourth-order valence-corrected chi connectivity index (χ4v) is 2.19. The maximum Gasteiger partial charge on any atom is 0.234 e. The summed E-state index contributed by atoms with van der Waals surface area (Å²) in [5.74, 6) is 1.35. The van der Waals surface area contributed by atoms with Crippen LogP contribution in [0.3, 0.4) is 0 Å². The second kappa shape index (κ2) is 5.25. The van der Waals surface area contributed by atoms with Gasteiger partial charge < -0.3 is 0 Å². The van der Waals surface area contributed by atoms with Crippen LogP contribution in [0.5, 0.6) is 0 Å². The van der Waals surface area contributed by atoms with Gasteiger partial charge in [-0.05, 0) is 6.07 Å². The Morgan fingerprint density at radius 2 is 1.45 bits per heavy atom. The minimum atomic E-state index is 0.588. The van der Waals surface area contributed by atoms with Gasteiger partial charge in [0.05, 0.1) is 11.9 Å². The van der Waals surface area contributed by atoms with E-state index in [4.69, 9.17) is 0 Å². The predicted molar refractivity (Wildman–Crippen MR) is 81.7 cm³/mol. The monoisotopic (exact) mass is 288 g/mol. The van der Waals surface area contributed by atoms with Crippen molar-refractivity contribution in [3.8, 4) is 23.0 Å². The van der Waals surface area contributed by atoms with Gasteiger partial charge in [-0.15, -0.1) is 0 Å². The van der Waals surface area contributed by atoms with E-state index in [0.29, 0.717) is 5.95 Å². The first kappa shape index (κ1) is 12.5. The minimum Gasteiger partial charge on any atom is -0.289 e. The number of hydrogen-bond donors (Lipinski definition) is 0. The zero-order valence-electron chi connectivity index (χ0n) is 11.6. The molecule has 0 spiro atoms. The van der Waals surface area contributed by atoms with Crippen LogP contribution in [0.15, 0.2) is 73.8 Å². The smallest absolute Gasteiger partial charge is 0.234 e. The molecule has 106 valence electrons. The van der Waals surface area contributed by atoms with Crippen molar-refractivity contribution in [2.45, 2.75) is 0 Å². The van der Waals surface area contributed by atoms with Crippen LogP contribution in [0.25, 0.3) is 23.0 Å². The second-order valence-electron chi connectivity index (χ2n) is 4.72. The van der Waals surface area contributed by atoms with E-state index in [9.17, 15) is 0 Å². The van der Waals surface area contributed by atoms with Gasteiger partial charge in [-0.1, -0.05) is 30.3 Å². The molecule has 0 amide bonds. The lowest BCUT2D eigenvalue weighted by molar-refractivity contribution is 0.924. The third-order valence-electron chi connectivity index (χ3n) is 3.27. The largest absolute Gasteiger partial charge is 0.289 e. The van der Waals surface area contributed by atoms with E-state index in [1.807, 2.05) is 47.3 Å². The van der Waals surface area contributed by atoms with Gasteiger partial charge in [-0.3, -0.25) is 9.13 Å². The summed E-state index contributed by atoms with van der Waals surface area (Å²) in [5.41, 5.74) is 1.98. The normalized spacial score (nSPS) is 10.7. The van der Waals surface area contributed by atoms with Gasteiger partial charge in [0, 0.05) is 24.2 Å². The summed E-state index contributed by atoms with van der Waals surface area (Å²) in [4.78, 5) is 17.2. The van der Waals surface area contributed by atoms with Crippen molar-refractivity contribution in [3.05, 3.63) is 73.8 Å². The molecule has 6 heteroatoms. The van der Waals surface area contributed by atoms with Gasteiger partial charge in [0.25, 0.3) is 0 Å². The summed E-state index contributed by atoms with van der Waals surface area (Å²) in [7, 11) is 0. The van der Waals surface area contributed by atoms with E-state index in [2.05, 4.69) is 19.9 Å². The van der Waals surface area contributed by atoms with E-state index in [0.717, 1.165) is 17.1 Å². The van der Waals surface area contributed by atoms with Gasteiger partial charge >= 0.3 is 0 Å². The molecule has 0 saturated heterocycles. The van der Waals surface area contributed by atoms with E-state index >= 15 is 0 Å². The van der Waals surface area contributed by atoms with E-state index in [-0.39, 0.29) is 0 Å². The van der Waals surface area contributed by atoms with E-state index in [1.54, 1.807) is 35.7 Å². The third-order valence-corrected chi connectivity index (χ3v) is 3.27. The highest BCUT2D eigenvalue weighted by atomic mass is 15.2. The lowest BCUT2D eigenvalue weighted by atomic mass is 10.2. The molecule has 0 saturated carbocycles. The molecule has 6 nitrogen and oxygen atoms in total. The molecule has 0 N–H and O–H groups in total.